The number of aliphatic hydroxyl groups is 1. The molecule has 4 N–H and O–H groups in total. The molecule has 0 heterocycles. The predicted octanol–water partition coefficient (Wildman–Crippen LogP) is 1.59. The summed E-state index contributed by atoms with van der Waals surface area (Å²) in [5.41, 5.74) is 7.24. The number of nitrogens with one attached hydrogen (secondary N) is 1. The van der Waals surface area contributed by atoms with Crippen molar-refractivity contribution < 1.29 is 9.84 Å². The zero-order valence-corrected chi connectivity index (χ0v) is 10.7. The summed E-state index contributed by atoms with van der Waals surface area (Å²) in [6.45, 7) is 0.230. The first-order valence-corrected chi connectivity index (χ1v) is 6.54. The fourth-order valence-corrected chi connectivity index (χ4v) is 2.30. The van der Waals surface area contributed by atoms with E-state index in [1.54, 1.807) is 18.9 Å². The first-order valence-electron chi connectivity index (χ1n) is 5.39. The van der Waals surface area contributed by atoms with Crippen molar-refractivity contribution in [2.45, 2.75) is 12.2 Å². The first-order chi connectivity index (χ1) is 8.19. The molecule has 0 fully saturated rings. The van der Waals surface area contributed by atoms with Crippen molar-refractivity contribution in [1.29, 1.82) is 5.41 Å². The standard InChI is InChI=1S/C12H18N2O2S/c1-16-11-4-3-9(7-10(11)12(13)14)8-17-6-2-5-15/h3-4,7,15H,2,5-6,8H2,1H3,(H3,13,14). The van der Waals surface area contributed by atoms with Crippen LogP contribution in [0.4, 0.5) is 0 Å². The van der Waals surface area contributed by atoms with Crippen LogP contribution in [0.15, 0.2) is 18.2 Å². The van der Waals surface area contributed by atoms with Gasteiger partial charge in [0.25, 0.3) is 0 Å². The molecule has 1 aromatic rings. The zero-order chi connectivity index (χ0) is 12.7. The molecule has 0 aliphatic rings. The summed E-state index contributed by atoms with van der Waals surface area (Å²) in [6.07, 6.45) is 0.806. The lowest BCUT2D eigenvalue weighted by atomic mass is 10.1. The molecule has 0 unspecified atom stereocenters. The highest BCUT2D eigenvalue weighted by molar-refractivity contribution is 7.98. The minimum atomic E-state index is 0.0176. The molecule has 0 amide bonds. The molecule has 0 aromatic heterocycles. The van der Waals surface area contributed by atoms with Crippen LogP contribution in [0.1, 0.15) is 17.5 Å². The Balaban J connectivity index is 2.68. The van der Waals surface area contributed by atoms with E-state index >= 15 is 0 Å². The van der Waals surface area contributed by atoms with E-state index < -0.39 is 0 Å². The second kappa shape index (κ2) is 7.19. The highest BCUT2D eigenvalue weighted by atomic mass is 32.2. The highest BCUT2D eigenvalue weighted by Gasteiger charge is 2.07. The van der Waals surface area contributed by atoms with E-state index in [2.05, 4.69) is 0 Å². The first kappa shape index (κ1) is 13.9. The van der Waals surface area contributed by atoms with Crippen LogP contribution >= 0.6 is 11.8 Å². The molecule has 0 aliphatic carbocycles. The number of thioether (sulfide) groups is 1. The van der Waals surface area contributed by atoms with Crippen molar-refractivity contribution in [2.24, 2.45) is 5.73 Å². The van der Waals surface area contributed by atoms with E-state index in [1.165, 1.54) is 0 Å². The molecule has 0 aliphatic heterocycles. The maximum atomic E-state index is 8.67. The third-order valence-electron chi connectivity index (χ3n) is 2.27. The van der Waals surface area contributed by atoms with Gasteiger partial charge in [0, 0.05) is 12.4 Å². The molecule has 0 radical (unpaired) electrons. The molecule has 4 nitrogen and oxygen atoms in total. The van der Waals surface area contributed by atoms with Gasteiger partial charge in [-0.2, -0.15) is 11.8 Å². The molecule has 0 bridgehead atoms. The summed E-state index contributed by atoms with van der Waals surface area (Å²) in [7, 11) is 1.57. The number of nitrogen functional groups attached to an aromatic ring is 1. The molecule has 0 atom stereocenters. The highest BCUT2D eigenvalue weighted by Crippen LogP contribution is 2.22. The number of nitrogens with two attached hydrogens (primary N) is 1. The van der Waals surface area contributed by atoms with Gasteiger partial charge in [-0.1, -0.05) is 6.07 Å². The van der Waals surface area contributed by atoms with Gasteiger partial charge in [0.1, 0.15) is 11.6 Å². The van der Waals surface area contributed by atoms with Crippen molar-refractivity contribution in [3.05, 3.63) is 29.3 Å². The number of benzene rings is 1. The molecule has 0 spiro atoms. The normalized spacial score (nSPS) is 10.2. The molecule has 0 saturated heterocycles. The predicted molar refractivity (Wildman–Crippen MR) is 71.9 cm³/mol. The van der Waals surface area contributed by atoms with Crippen molar-refractivity contribution >= 4 is 17.6 Å². The Kier molecular flexibility index (Phi) is 5.86. The third-order valence-corrected chi connectivity index (χ3v) is 3.38. The molecule has 94 valence electrons. The molecular weight excluding hydrogens is 236 g/mol. The smallest absolute Gasteiger partial charge is 0.129 e. The molecule has 0 saturated carbocycles. The second-order valence-electron chi connectivity index (χ2n) is 3.58. The van der Waals surface area contributed by atoms with Crippen LogP contribution in [0.5, 0.6) is 5.75 Å². The summed E-state index contributed by atoms with van der Waals surface area (Å²) in [5.74, 6) is 2.42. The second-order valence-corrected chi connectivity index (χ2v) is 4.68. The molecule has 17 heavy (non-hydrogen) atoms. The molecule has 1 aromatic carbocycles. The van der Waals surface area contributed by atoms with Crippen LogP contribution in [0, 0.1) is 5.41 Å². The SMILES string of the molecule is COc1ccc(CSCCCO)cc1C(=N)N. The van der Waals surface area contributed by atoms with Gasteiger partial charge in [-0.3, -0.25) is 5.41 Å². The largest absolute Gasteiger partial charge is 0.496 e. The van der Waals surface area contributed by atoms with Gasteiger partial charge in [-0.05, 0) is 29.9 Å². The van der Waals surface area contributed by atoms with Crippen molar-refractivity contribution in [3.8, 4) is 5.75 Å². The third kappa shape index (κ3) is 4.28. The fourth-order valence-electron chi connectivity index (χ4n) is 1.41. The van der Waals surface area contributed by atoms with E-state index in [0.29, 0.717) is 11.3 Å². The Morgan fingerprint density at radius 1 is 1.53 bits per heavy atom. The Hall–Kier alpha value is -1.20. The number of amidine groups is 1. The zero-order valence-electron chi connectivity index (χ0n) is 9.90. The van der Waals surface area contributed by atoms with Gasteiger partial charge in [-0.25, -0.2) is 0 Å². The Labute approximate surface area is 106 Å². The average Bonchev–Trinajstić information content (AvgIpc) is 2.34. The van der Waals surface area contributed by atoms with E-state index in [0.717, 1.165) is 23.5 Å². The summed E-state index contributed by atoms with van der Waals surface area (Å²) < 4.78 is 5.14. The summed E-state index contributed by atoms with van der Waals surface area (Å²) >= 11 is 1.75. The Morgan fingerprint density at radius 2 is 2.29 bits per heavy atom. The van der Waals surface area contributed by atoms with Gasteiger partial charge in [0.2, 0.25) is 0 Å². The number of rotatable bonds is 7. The summed E-state index contributed by atoms with van der Waals surface area (Å²) in [6, 6.07) is 5.68. The van der Waals surface area contributed by atoms with Crippen LogP contribution in [-0.4, -0.2) is 30.4 Å². The number of hydrogen-bond donors (Lipinski definition) is 3. The van der Waals surface area contributed by atoms with E-state index in [9.17, 15) is 0 Å². The lowest BCUT2D eigenvalue weighted by Crippen LogP contribution is -2.12. The van der Waals surface area contributed by atoms with Crippen LogP contribution in [0.25, 0.3) is 0 Å². The Morgan fingerprint density at radius 3 is 2.88 bits per heavy atom. The molecule has 5 heteroatoms. The molecular formula is C12H18N2O2S. The van der Waals surface area contributed by atoms with Crippen LogP contribution in [0.2, 0.25) is 0 Å². The van der Waals surface area contributed by atoms with Crippen molar-refractivity contribution in [2.75, 3.05) is 19.5 Å². The van der Waals surface area contributed by atoms with E-state index in [-0.39, 0.29) is 12.4 Å². The molecule has 1 rings (SSSR count). The van der Waals surface area contributed by atoms with Crippen LogP contribution in [0.3, 0.4) is 0 Å². The Bertz CT molecular complexity index is 383. The lowest BCUT2D eigenvalue weighted by Gasteiger charge is -2.09. The summed E-state index contributed by atoms with van der Waals surface area (Å²) in [5, 5.41) is 16.2. The number of aliphatic hydroxyl groups excluding tert-OH is 1. The number of hydrogen-bond acceptors (Lipinski definition) is 4. The fraction of sp³-hybridized carbons (Fsp3) is 0.417. The average molecular weight is 254 g/mol. The van der Waals surface area contributed by atoms with Crippen LogP contribution < -0.4 is 10.5 Å². The number of methoxy groups -OCH3 is 1. The van der Waals surface area contributed by atoms with Gasteiger partial charge in [-0.15, -0.1) is 0 Å². The van der Waals surface area contributed by atoms with Gasteiger partial charge < -0.3 is 15.6 Å². The monoisotopic (exact) mass is 254 g/mol. The van der Waals surface area contributed by atoms with Gasteiger partial charge in [0.15, 0.2) is 0 Å². The topological polar surface area (TPSA) is 79.3 Å². The number of ether oxygens (including phenoxy) is 1. The van der Waals surface area contributed by atoms with E-state index in [4.69, 9.17) is 21.0 Å². The lowest BCUT2D eigenvalue weighted by molar-refractivity contribution is 0.296. The minimum Gasteiger partial charge on any atom is -0.496 e. The maximum Gasteiger partial charge on any atom is 0.129 e. The quantitative estimate of drug-likeness (QED) is 0.392. The van der Waals surface area contributed by atoms with Gasteiger partial charge in [0.05, 0.1) is 12.7 Å². The van der Waals surface area contributed by atoms with Crippen molar-refractivity contribution in [3.63, 3.8) is 0 Å². The van der Waals surface area contributed by atoms with Crippen LogP contribution in [-0.2, 0) is 5.75 Å². The minimum absolute atomic E-state index is 0.0176. The van der Waals surface area contributed by atoms with Gasteiger partial charge >= 0.3 is 0 Å². The van der Waals surface area contributed by atoms with Crippen molar-refractivity contribution in [1.82, 2.24) is 0 Å². The van der Waals surface area contributed by atoms with E-state index in [1.807, 2.05) is 18.2 Å². The summed E-state index contributed by atoms with van der Waals surface area (Å²) in [4.78, 5) is 0. The maximum absolute atomic E-state index is 8.67.